The fourth-order valence-corrected chi connectivity index (χ4v) is 3.92. The lowest BCUT2D eigenvalue weighted by Gasteiger charge is -2.34. The van der Waals surface area contributed by atoms with Crippen molar-refractivity contribution in [3.05, 3.63) is 33.8 Å². The van der Waals surface area contributed by atoms with Crippen molar-refractivity contribution < 1.29 is 0 Å². The molecule has 0 radical (unpaired) electrons. The lowest BCUT2D eigenvalue weighted by molar-refractivity contribution is 0.222. The minimum absolute atomic E-state index is 0.529. The van der Waals surface area contributed by atoms with Crippen LogP contribution in [0.5, 0.6) is 0 Å². The molecular formula is C17H25Cl2N. The molecule has 2 rings (SSSR count). The second-order valence-corrected chi connectivity index (χ2v) is 6.98. The smallest absolute Gasteiger partial charge is 0.0453 e. The van der Waals surface area contributed by atoms with Crippen molar-refractivity contribution in [1.82, 2.24) is 5.32 Å². The van der Waals surface area contributed by atoms with Crippen LogP contribution in [0, 0.1) is 11.8 Å². The van der Waals surface area contributed by atoms with Gasteiger partial charge in [-0.2, -0.15) is 0 Å². The van der Waals surface area contributed by atoms with E-state index in [9.17, 15) is 0 Å². The zero-order valence-corrected chi connectivity index (χ0v) is 14.0. The number of hydrogen-bond acceptors (Lipinski definition) is 1. The lowest BCUT2D eigenvalue weighted by Crippen LogP contribution is -2.40. The van der Waals surface area contributed by atoms with Crippen LogP contribution in [0.4, 0.5) is 0 Å². The van der Waals surface area contributed by atoms with Crippen molar-refractivity contribution in [1.29, 1.82) is 0 Å². The van der Waals surface area contributed by atoms with Gasteiger partial charge in [0.25, 0.3) is 0 Å². The Hall–Kier alpha value is -0.240. The summed E-state index contributed by atoms with van der Waals surface area (Å²) in [5.74, 6) is 1.63. The highest BCUT2D eigenvalue weighted by molar-refractivity contribution is 6.35. The predicted molar refractivity (Wildman–Crippen MR) is 88.8 cm³/mol. The van der Waals surface area contributed by atoms with Crippen LogP contribution in [0.3, 0.4) is 0 Å². The molecule has 0 saturated heterocycles. The molecule has 1 aromatic rings. The summed E-state index contributed by atoms with van der Waals surface area (Å²) in [6, 6.07) is 6.39. The molecule has 112 valence electrons. The molecule has 1 aliphatic rings. The van der Waals surface area contributed by atoms with E-state index >= 15 is 0 Å². The van der Waals surface area contributed by atoms with E-state index in [-0.39, 0.29) is 0 Å². The van der Waals surface area contributed by atoms with E-state index in [1.54, 1.807) is 0 Å². The molecule has 0 amide bonds. The normalized spacial score (nSPS) is 24.6. The maximum Gasteiger partial charge on any atom is 0.0453 e. The summed E-state index contributed by atoms with van der Waals surface area (Å²) in [5, 5.41) is 5.18. The summed E-state index contributed by atoms with van der Waals surface area (Å²) in [6.45, 7) is 5.58. The zero-order valence-electron chi connectivity index (χ0n) is 12.5. The van der Waals surface area contributed by atoms with E-state index in [0.29, 0.717) is 11.1 Å². The van der Waals surface area contributed by atoms with Gasteiger partial charge >= 0.3 is 0 Å². The van der Waals surface area contributed by atoms with Crippen molar-refractivity contribution in [2.45, 2.75) is 52.0 Å². The lowest BCUT2D eigenvalue weighted by atomic mass is 9.77. The highest BCUT2D eigenvalue weighted by atomic mass is 35.5. The first-order valence-electron chi connectivity index (χ1n) is 7.77. The van der Waals surface area contributed by atoms with E-state index in [4.69, 9.17) is 23.2 Å². The highest BCUT2D eigenvalue weighted by Crippen LogP contribution is 2.33. The minimum Gasteiger partial charge on any atom is -0.314 e. The summed E-state index contributed by atoms with van der Waals surface area (Å²) in [7, 11) is 0. The van der Waals surface area contributed by atoms with Crippen LogP contribution < -0.4 is 5.32 Å². The summed E-state index contributed by atoms with van der Waals surface area (Å²) in [6.07, 6.45) is 6.43. The monoisotopic (exact) mass is 313 g/mol. The second-order valence-electron chi connectivity index (χ2n) is 6.14. The summed E-state index contributed by atoms with van der Waals surface area (Å²) >= 11 is 12.3. The molecule has 0 aromatic heterocycles. The van der Waals surface area contributed by atoms with Crippen molar-refractivity contribution >= 4 is 23.2 Å². The first-order valence-corrected chi connectivity index (χ1v) is 8.53. The molecule has 1 N–H and O–H groups in total. The fraction of sp³-hybridized carbons (Fsp3) is 0.647. The molecule has 3 unspecified atom stereocenters. The van der Waals surface area contributed by atoms with Crippen LogP contribution in [0.15, 0.2) is 18.2 Å². The summed E-state index contributed by atoms with van der Waals surface area (Å²) in [4.78, 5) is 0. The third-order valence-corrected chi connectivity index (χ3v) is 5.05. The molecule has 1 aromatic carbocycles. The Morgan fingerprint density at radius 1 is 1.30 bits per heavy atom. The molecule has 3 heteroatoms. The van der Waals surface area contributed by atoms with Crippen molar-refractivity contribution in [3.8, 4) is 0 Å². The number of benzene rings is 1. The van der Waals surface area contributed by atoms with Crippen LogP contribution in [-0.2, 0) is 6.42 Å². The van der Waals surface area contributed by atoms with Crippen LogP contribution in [-0.4, -0.2) is 12.6 Å². The molecular weight excluding hydrogens is 289 g/mol. The molecule has 1 aliphatic carbocycles. The van der Waals surface area contributed by atoms with Crippen molar-refractivity contribution in [2.75, 3.05) is 6.54 Å². The minimum atomic E-state index is 0.529. The maximum atomic E-state index is 6.33. The van der Waals surface area contributed by atoms with E-state index < -0.39 is 0 Å². The van der Waals surface area contributed by atoms with E-state index in [2.05, 4.69) is 25.2 Å². The molecule has 0 bridgehead atoms. The Kier molecular flexibility index (Phi) is 6.20. The van der Waals surface area contributed by atoms with Crippen LogP contribution in [0.25, 0.3) is 0 Å². The molecule has 1 fully saturated rings. The average Bonchev–Trinajstić information content (AvgIpc) is 2.41. The van der Waals surface area contributed by atoms with Gasteiger partial charge in [-0.1, -0.05) is 56.0 Å². The van der Waals surface area contributed by atoms with Crippen LogP contribution in [0.2, 0.25) is 10.0 Å². The number of halogens is 2. The van der Waals surface area contributed by atoms with Crippen LogP contribution in [0.1, 0.15) is 45.1 Å². The Morgan fingerprint density at radius 2 is 2.10 bits per heavy atom. The zero-order chi connectivity index (χ0) is 14.5. The van der Waals surface area contributed by atoms with Gasteiger partial charge in [0.1, 0.15) is 0 Å². The molecule has 20 heavy (non-hydrogen) atoms. The molecule has 0 heterocycles. The fourth-order valence-electron chi connectivity index (χ4n) is 3.44. The van der Waals surface area contributed by atoms with Gasteiger partial charge in [0, 0.05) is 16.1 Å². The molecule has 0 aliphatic heterocycles. The third-order valence-electron chi connectivity index (χ3n) is 4.47. The van der Waals surface area contributed by atoms with Gasteiger partial charge in [-0.05, 0) is 55.3 Å². The molecule has 1 nitrogen and oxygen atoms in total. The topological polar surface area (TPSA) is 12.0 Å². The number of likely N-dealkylation sites (N-methyl/N-ethyl adjacent to an activating group) is 1. The van der Waals surface area contributed by atoms with Gasteiger partial charge < -0.3 is 5.32 Å². The number of hydrogen-bond donors (Lipinski definition) is 1. The first-order chi connectivity index (χ1) is 9.60. The van der Waals surface area contributed by atoms with E-state index in [1.165, 1.54) is 31.2 Å². The van der Waals surface area contributed by atoms with Crippen molar-refractivity contribution in [2.24, 2.45) is 11.8 Å². The Morgan fingerprint density at radius 3 is 2.75 bits per heavy atom. The second kappa shape index (κ2) is 7.68. The quantitative estimate of drug-likeness (QED) is 0.773. The van der Waals surface area contributed by atoms with E-state index in [0.717, 1.165) is 29.8 Å². The van der Waals surface area contributed by atoms with Crippen molar-refractivity contribution in [3.63, 3.8) is 0 Å². The number of nitrogens with one attached hydrogen (secondary N) is 1. The average molecular weight is 314 g/mol. The third kappa shape index (κ3) is 4.38. The standard InChI is InChI=1S/C17H25Cl2N/c1-3-20-17(14-6-4-5-12(2)9-14)10-13-7-8-15(18)11-16(13)19/h7-8,11-12,14,17,20H,3-6,9-10H2,1-2H3. The predicted octanol–water partition coefficient (Wildman–Crippen LogP) is 5.34. The van der Waals surface area contributed by atoms with Gasteiger partial charge in [-0.25, -0.2) is 0 Å². The first kappa shape index (κ1) is 16.1. The van der Waals surface area contributed by atoms with Gasteiger partial charge in [0.2, 0.25) is 0 Å². The molecule has 3 atom stereocenters. The Balaban J connectivity index is 2.08. The molecule has 1 saturated carbocycles. The Labute approximate surface area is 133 Å². The Bertz CT molecular complexity index is 433. The summed E-state index contributed by atoms with van der Waals surface area (Å²) < 4.78 is 0. The molecule has 0 spiro atoms. The SMILES string of the molecule is CCNC(Cc1ccc(Cl)cc1Cl)C1CCCC(C)C1. The van der Waals surface area contributed by atoms with Crippen LogP contribution >= 0.6 is 23.2 Å². The van der Waals surface area contributed by atoms with Gasteiger partial charge in [-0.15, -0.1) is 0 Å². The van der Waals surface area contributed by atoms with Gasteiger partial charge in [-0.3, -0.25) is 0 Å². The summed E-state index contributed by atoms with van der Waals surface area (Å²) in [5.41, 5.74) is 1.21. The van der Waals surface area contributed by atoms with Gasteiger partial charge in [0.15, 0.2) is 0 Å². The van der Waals surface area contributed by atoms with E-state index in [1.807, 2.05) is 12.1 Å². The maximum absolute atomic E-state index is 6.33. The number of rotatable bonds is 5. The highest BCUT2D eigenvalue weighted by Gasteiger charge is 2.26. The van der Waals surface area contributed by atoms with Gasteiger partial charge in [0.05, 0.1) is 0 Å². The largest absolute Gasteiger partial charge is 0.314 e.